The van der Waals surface area contributed by atoms with Gasteiger partial charge in [-0.15, -0.1) is 11.3 Å². The fourth-order valence-corrected chi connectivity index (χ4v) is 4.81. The molecule has 35 heavy (non-hydrogen) atoms. The van der Waals surface area contributed by atoms with Crippen LogP contribution < -0.4 is 5.32 Å². The number of nitrogens with one attached hydrogen (secondary N) is 3. The van der Waals surface area contributed by atoms with Crippen molar-refractivity contribution < 1.29 is 4.39 Å². The third-order valence-corrected chi connectivity index (χ3v) is 6.73. The van der Waals surface area contributed by atoms with Crippen molar-refractivity contribution in [2.45, 2.75) is 13.3 Å². The number of fused-ring (bicyclic) bond motifs is 2. The van der Waals surface area contributed by atoms with Crippen LogP contribution in [0.15, 0.2) is 72.6 Å². The summed E-state index contributed by atoms with van der Waals surface area (Å²) in [4.78, 5) is 17.8. The van der Waals surface area contributed by atoms with Crippen molar-refractivity contribution in [1.29, 1.82) is 0 Å². The summed E-state index contributed by atoms with van der Waals surface area (Å²) in [7, 11) is 0. The summed E-state index contributed by atoms with van der Waals surface area (Å²) in [5.74, 6) is -0.00227. The molecule has 0 saturated carbocycles. The molecule has 0 bridgehead atoms. The van der Waals surface area contributed by atoms with E-state index in [2.05, 4.69) is 43.1 Å². The van der Waals surface area contributed by atoms with Crippen molar-refractivity contribution in [3.05, 3.63) is 78.5 Å². The third kappa shape index (κ3) is 3.66. The lowest BCUT2D eigenvalue weighted by molar-refractivity contribution is 0.638. The Morgan fingerprint density at radius 1 is 1.11 bits per heavy atom. The Morgan fingerprint density at radius 3 is 2.86 bits per heavy atom. The molecule has 172 valence electrons. The maximum absolute atomic E-state index is 15.9. The van der Waals surface area contributed by atoms with Crippen LogP contribution in [0.4, 0.5) is 10.1 Å². The van der Waals surface area contributed by atoms with Crippen molar-refractivity contribution in [1.82, 2.24) is 30.1 Å². The van der Waals surface area contributed by atoms with Gasteiger partial charge in [0.1, 0.15) is 11.4 Å². The molecular weight excluding hydrogens is 461 g/mol. The molecule has 9 heteroatoms. The largest absolute Gasteiger partial charge is 0.358 e. The number of aromatic nitrogens is 6. The van der Waals surface area contributed by atoms with E-state index in [4.69, 9.17) is 4.98 Å². The quantitative estimate of drug-likeness (QED) is 0.244. The molecule has 0 radical (unpaired) electrons. The van der Waals surface area contributed by atoms with Crippen LogP contribution in [0, 0.1) is 5.82 Å². The van der Waals surface area contributed by atoms with E-state index in [0.29, 0.717) is 28.0 Å². The van der Waals surface area contributed by atoms with E-state index >= 15 is 4.39 Å². The lowest BCUT2D eigenvalue weighted by atomic mass is 10.1. The van der Waals surface area contributed by atoms with Crippen molar-refractivity contribution in [3.8, 4) is 33.2 Å². The van der Waals surface area contributed by atoms with Crippen LogP contribution in [0.2, 0.25) is 0 Å². The van der Waals surface area contributed by atoms with Crippen LogP contribution in [-0.4, -0.2) is 30.1 Å². The lowest BCUT2D eigenvalue weighted by Crippen LogP contribution is -1.98. The van der Waals surface area contributed by atoms with Gasteiger partial charge in [0.05, 0.1) is 40.0 Å². The minimum atomic E-state index is -0.488. The standard InChI is InChI=1S/C26H20FN7S/c1-3-14(2)30-16-10-15(11-28-12-16)23-22(27)21-19(13-29-23)33-34-25(21)26-31-18-7-4-6-17(24(18)32-26)20-8-5-9-35-20/h4-13,30H,2-3H2,1H3,(H,31,32)(H,33,34). The van der Waals surface area contributed by atoms with Crippen LogP contribution >= 0.6 is 11.3 Å². The van der Waals surface area contributed by atoms with E-state index in [0.717, 1.165) is 39.3 Å². The zero-order valence-electron chi connectivity index (χ0n) is 18.8. The smallest absolute Gasteiger partial charge is 0.161 e. The summed E-state index contributed by atoms with van der Waals surface area (Å²) in [6.45, 7) is 5.96. The topological polar surface area (TPSA) is 95.2 Å². The number of nitrogens with zero attached hydrogens (tertiary/aromatic N) is 4. The van der Waals surface area contributed by atoms with Crippen LogP contribution in [0.1, 0.15) is 13.3 Å². The van der Waals surface area contributed by atoms with Gasteiger partial charge in [-0.05, 0) is 30.0 Å². The molecule has 5 heterocycles. The highest BCUT2D eigenvalue weighted by molar-refractivity contribution is 7.13. The molecule has 0 aliphatic heterocycles. The normalized spacial score (nSPS) is 11.4. The Labute approximate surface area is 203 Å². The Morgan fingerprint density at radius 2 is 2.03 bits per heavy atom. The van der Waals surface area contributed by atoms with Crippen LogP contribution in [0.3, 0.4) is 0 Å². The van der Waals surface area contributed by atoms with Gasteiger partial charge >= 0.3 is 0 Å². The Balaban J connectivity index is 1.48. The van der Waals surface area contributed by atoms with Crippen molar-refractivity contribution in [3.63, 3.8) is 0 Å². The van der Waals surface area contributed by atoms with Crippen LogP contribution in [0.25, 0.3) is 55.2 Å². The highest BCUT2D eigenvalue weighted by Crippen LogP contribution is 2.35. The average molecular weight is 482 g/mol. The number of pyridine rings is 2. The predicted molar refractivity (Wildman–Crippen MR) is 139 cm³/mol. The lowest BCUT2D eigenvalue weighted by Gasteiger charge is -2.09. The van der Waals surface area contributed by atoms with E-state index in [1.807, 2.05) is 36.6 Å². The predicted octanol–water partition coefficient (Wildman–Crippen LogP) is 6.77. The first-order valence-electron chi connectivity index (χ1n) is 11.1. The molecule has 0 atom stereocenters. The number of H-pyrrole nitrogens is 2. The summed E-state index contributed by atoms with van der Waals surface area (Å²) >= 11 is 1.65. The second-order valence-electron chi connectivity index (χ2n) is 8.09. The van der Waals surface area contributed by atoms with Gasteiger partial charge in [0, 0.05) is 27.9 Å². The van der Waals surface area contributed by atoms with Crippen molar-refractivity contribution in [2.24, 2.45) is 0 Å². The zero-order chi connectivity index (χ0) is 23.9. The Bertz CT molecular complexity index is 1700. The van der Waals surface area contributed by atoms with Gasteiger partial charge in [-0.25, -0.2) is 9.37 Å². The summed E-state index contributed by atoms with van der Waals surface area (Å²) in [6.07, 6.45) is 5.61. The van der Waals surface area contributed by atoms with Crippen molar-refractivity contribution >= 4 is 39.0 Å². The summed E-state index contributed by atoms with van der Waals surface area (Å²) in [6, 6.07) is 11.8. The number of rotatable bonds is 6. The third-order valence-electron chi connectivity index (χ3n) is 5.83. The number of hydrogen-bond donors (Lipinski definition) is 3. The van der Waals surface area contributed by atoms with E-state index in [1.54, 1.807) is 36.0 Å². The molecule has 0 aliphatic rings. The van der Waals surface area contributed by atoms with Gasteiger partial charge < -0.3 is 10.3 Å². The SMILES string of the molecule is C=C(CC)Nc1cncc(-c2ncc3[nH]nc(-c4nc5c(-c6cccs6)cccc5[nH]4)c3c2F)c1. The zero-order valence-corrected chi connectivity index (χ0v) is 19.6. The minimum absolute atomic E-state index is 0.189. The highest BCUT2D eigenvalue weighted by Gasteiger charge is 2.21. The van der Waals surface area contributed by atoms with Gasteiger partial charge in [0.15, 0.2) is 11.6 Å². The molecule has 0 fully saturated rings. The van der Waals surface area contributed by atoms with Crippen LogP contribution in [0.5, 0.6) is 0 Å². The van der Waals surface area contributed by atoms with Gasteiger partial charge in [-0.1, -0.05) is 31.7 Å². The molecule has 5 aromatic heterocycles. The summed E-state index contributed by atoms with van der Waals surface area (Å²) < 4.78 is 15.9. The first-order chi connectivity index (χ1) is 17.1. The number of halogens is 1. The maximum atomic E-state index is 15.9. The van der Waals surface area contributed by atoms with E-state index in [9.17, 15) is 0 Å². The molecule has 0 unspecified atom stereocenters. The molecule has 0 amide bonds. The molecule has 0 aliphatic carbocycles. The highest BCUT2D eigenvalue weighted by atomic mass is 32.1. The summed E-state index contributed by atoms with van der Waals surface area (Å²) in [5.41, 5.74) is 5.89. The van der Waals surface area contributed by atoms with E-state index in [-0.39, 0.29) is 5.69 Å². The number of para-hydroxylation sites is 1. The van der Waals surface area contributed by atoms with Crippen LogP contribution in [-0.2, 0) is 0 Å². The fourth-order valence-electron chi connectivity index (χ4n) is 4.05. The number of thiophene rings is 1. The monoisotopic (exact) mass is 481 g/mol. The molecule has 6 aromatic rings. The fraction of sp³-hybridized carbons (Fsp3) is 0.0769. The number of allylic oxidation sites excluding steroid dienone is 1. The molecule has 1 aromatic carbocycles. The number of hydrogen-bond acceptors (Lipinski definition) is 6. The first kappa shape index (κ1) is 21.2. The van der Waals surface area contributed by atoms with Crippen molar-refractivity contribution in [2.75, 3.05) is 5.32 Å². The minimum Gasteiger partial charge on any atom is -0.358 e. The maximum Gasteiger partial charge on any atom is 0.161 e. The van der Waals surface area contributed by atoms with Gasteiger partial charge in [-0.3, -0.25) is 15.1 Å². The molecule has 0 saturated heterocycles. The Hall–Kier alpha value is -4.37. The van der Waals surface area contributed by atoms with Gasteiger partial charge in [0.25, 0.3) is 0 Å². The Kier molecular flexibility index (Phi) is 5.11. The molecule has 6 rings (SSSR count). The number of imidazole rings is 1. The number of aromatic amines is 2. The summed E-state index contributed by atoms with van der Waals surface area (Å²) in [5, 5.41) is 12.8. The second kappa shape index (κ2) is 8.44. The van der Waals surface area contributed by atoms with Gasteiger partial charge in [0.2, 0.25) is 0 Å². The molecular formula is C26H20FN7S. The van der Waals surface area contributed by atoms with E-state index < -0.39 is 5.82 Å². The molecule has 7 nitrogen and oxygen atoms in total. The number of anilines is 1. The van der Waals surface area contributed by atoms with E-state index in [1.165, 1.54) is 0 Å². The number of benzene rings is 1. The molecule has 3 N–H and O–H groups in total. The molecule has 0 spiro atoms. The van der Waals surface area contributed by atoms with Gasteiger partial charge in [-0.2, -0.15) is 5.10 Å². The first-order valence-corrected chi connectivity index (χ1v) is 12.0. The second-order valence-corrected chi connectivity index (χ2v) is 9.04. The average Bonchev–Trinajstić information content (AvgIpc) is 3.63.